The van der Waals surface area contributed by atoms with E-state index in [1.165, 1.54) is 31.2 Å². The van der Waals surface area contributed by atoms with E-state index in [4.69, 9.17) is 5.11 Å². The normalized spacial score (nSPS) is 24.6. The molecule has 1 aromatic rings. The maximum absolute atomic E-state index is 11.0. The van der Waals surface area contributed by atoms with Crippen LogP contribution in [0.5, 0.6) is 0 Å². The predicted octanol–water partition coefficient (Wildman–Crippen LogP) is 3.37. The molecule has 1 aliphatic rings. The maximum Gasteiger partial charge on any atom is 0.320 e. The first kappa shape index (κ1) is 15.0. The zero-order valence-electron chi connectivity index (χ0n) is 12.5. The Morgan fingerprint density at radius 1 is 1.25 bits per heavy atom. The number of nitrogens with zero attached hydrogens (tertiary/aromatic N) is 1. The van der Waals surface area contributed by atoms with Crippen LogP contribution in [0.3, 0.4) is 0 Å². The van der Waals surface area contributed by atoms with Gasteiger partial charge in [-0.1, -0.05) is 30.3 Å². The summed E-state index contributed by atoms with van der Waals surface area (Å²) in [4.78, 5) is 12.9. The number of aliphatic carboxylic acids is 1. The zero-order chi connectivity index (χ0) is 14.5. The lowest BCUT2D eigenvalue weighted by Crippen LogP contribution is -2.39. The molecule has 0 spiro atoms. The van der Waals surface area contributed by atoms with Gasteiger partial charge in [0.05, 0.1) is 0 Å². The Bertz CT molecular complexity index is 424. The first-order valence-electron chi connectivity index (χ1n) is 7.56. The molecule has 1 aliphatic carbocycles. The number of carboxylic acid groups (broad SMARTS) is 1. The monoisotopic (exact) mass is 275 g/mol. The molecule has 0 aromatic heterocycles. The fourth-order valence-corrected chi connectivity index (χ4v) is 3.16. The van der Waals surface area contributed by atoms with Crippen LogP contribution >= 0.6 is 0 Å². The van der Waals surface area contributed by atoms with Crippen molar-refractivity contribution in [3.63, 3.8) is 0 Å². The van der Waals surface area contributed by atoms with Gasteiger partial charge >= 0.3 is 5.97 Å². The van der Waals surface area contributed by atoms with Crippen molar-refractivity contribution in [1.29, 1.82) is 0 Å². The van der Waals surface area contributed by atoms with E-state index in [1.807, 2.05) is 11.9 Å². The van der Waals surface area contributed by atoms with E-state index >= 15 is 0 Å². The van der Waals surface area contributed by atoms with Gasteiger partial charge in [-0.05, 0) is 57.1 Å². The zero-order valence-corrected chi connectivity index (χ0v) is 12.5. The highest BCUT2D eigenvalue weighted by molar-refractivity contribution is 5.72. The van der Waals surface area contributed by atoms with Gasteiger partial charge in [0.15, 0.2) is 0 Å². The van der Waals surface area contributed by atoms with Gasteiger partial charge in [0.2, 0.25) is 0 Å². The van der Waals surface area contributed by atoms with Crippen LogP contribution in [-0.4, -0.2) is 35.6 Å². The molecule has 1 unspecified atom stereocenters. The molecule has 0 heterocycles. The van der Waals surface area contributed by atoms with Crippen molar-refractivity contribution in [2.24, 2.45) is 5.92 Å². The van der Waals surface area contributed by atoms with Crippen LogP contribution in [0.1, 0.15) is 44.1 Å². The number of hydrogen-bond acceptors (Lipinski definition) is 2. The molecule has 1 aromatic carbocycles. The summed E-state index contributed by atoms with van der Waals surface area (Å²) >= 11 is 0. The molecule has 0 aliphatic heterocycles. The minimum Gasteiger partial charge on any atom is -0.480 e. The molecule has 0 amide bonds. The highest BCUT2D eigenvalue weighted by Crippen LogP contribution is 2.35. The molecule has 2 rings (SSSR count). The van der Waals surface area contributed by atoms with Crippen LogP contribution in [0.15, 0.2) is 30.3 Å². The molecule has 1 atom stereocenters. The minimum absolute atomic E-state index is 0.387. The van der Waals surface area contributed by atoms with Crippen molar-refractivity contribution in [1.82, 2.24) is 4.90 Å². The average Bonchev–Trinajstić information content (AvgIpc) is 2.48. The van der Waals surface area contributed by atoms with Gasteiger partial charge in [-0.3, -0.25) is 9.69 Å². The van der Waals surface area contributed by atoms with E-state index < -0.39 is 5.97 Å². The molecule has 110 valence electrons. The van der Waals surface area contributed by atoms with Gasteiger partial charge in [-0.15, -0.1) is 0 Å². The molecule has 20 heavy (non-hydrogen) atoms. The molecule has 0 saturated heterocycles. The highest BCUT2D eigenvalue weighted by Gasteiger charge is 2.25. The van der Waals surface area contributed by atoms with E-state index in [9.17, 15) is 4.79 Å². The van der Waals surface area contributed by atoms with Crippen molar-refractivity contribution in [3.05, 3.63) is 35.9 Å². The summed E-state index contributed by atoms with van der Waals surface area (Å²) in [5, 5.41) is 9.03. The quantitative estimate of drug-likeness (QED) is 0.895. The second kappa shape index (κ2) is 6.89. The van der Waals surface area contributed by atoms with Crippen molar-refractivity contribution in [2.45, 2.75) is 44.6 Å². The molecule has 0 bridgehead atoms. The third kappa shape index (κ3) is 3.83. The average molecular weight is 275 g/mol. The second-order valence-electron chi connectivity index (χ2n) is 6.08. The maximum atomic E-state index is 11.0. The van der Waals surface area contributed by atoms with Crippen LogP contribution in [0.2, 0.25) is 0 Å². The second-order valence-corrected chi connectivity index (χ2v) is 6.08. The number of rotatable bonds is 5. The van der Waals surface area contributed by atoms with Crippen molar-refractivity contribution in [2.75, 3.05) is 13.6 Å². The third-order valence-corrected chi connectivity index (χ3v) is 4.68. The number of likely N-dealkylation sites (N-methyl/N-ethyl adjacent to an activating group) is 1. The van der Waals surface area contributed by atoms with E-state index in [0.29, 0.717) is 11.8 Å². The van der Waals surface area contributed by atoms with Crippen molar-refractivity contribution < 1.29 is 9.90 Å². The molecule has 3 heteroatoms. The SMILES string of the molecule is CC(C(=O)O)N(C)CC1CCC(c2ccccc2)CC1. The highest BCUT2D eigenvalue weighted by atomic mass is 16.4. The van der Waals surface area contributed by atoms with Gasteiger partial charge in [0.1, 0.15) is 6.04 Å². The molecule has 1 fully saturated rings. The van der Waals surface area contributed by atoms with E-state index in [-0.39, 0.29) is 6.04 Å². The Kier molecular flexibility index (Phi) is 5.18. The smallest absolute Gasteiger partial charge is 0.320 e. The van der Waals surface area contributed by atoms with Crippen LogP contribution in [0.25, 0.3) is 0 Å². The Morgan fingerprint density at radius 3 is 2.40 bits per heavy atom. The van der Waals surface area contributed by atoms with Gasteiger partial charge in [0.25, 0.3) is 0 Å². The van der Waals surface area contributed by atoms with Gasteiger partial charge in [-0.25, -0.2) is 0 Å². The number of carbonyl (C=O) groups is 1. The fraction of sp³-hybridized carbons (Fsp3) is 0.588. The van der Waals surface area contributed by atoms with Gasteiger partial charge < -0.3 is 5.11 Å². The van der Waals surface area contributed by atoms with Crippen LogP contribution < -0.4 is 0 Å². The molecular formula is C17H25NO2. The Morgan fingerprint density at radius 2 is 1.85 bits per heavy atom. The molecular weight excluding hydrogens is 250 g/mol. The lowest BCUT2D eigenvalue weighted by atomic mass is 9.78. The molecule has 0 radical (unpaired) electrons. The third-order valence-electron chi connectivity index (χ3n) is 4.68. The minimum atomic E-state index is -0.731. The van der Waals surface area contributed by atoms with Crippen molar-refractivity contribution >= 4 is 5.97 Å². The van der Waals surface area contributed by atoms with Crippen LogP contribution in [0.4, 0.5) is 0 Å². The number of hydrogen-bond donors (Lipinski definition) is 1. The molecule has 1 saturated carbocycles. The largest absolute Gasteiger partial charge is 0.480 e. The lowest BCUT2D eigenvalue weighted by Gasteiger charge is -2.32. The lowest BCUT2D eigenvalue weighted by molar-refractivity contribution is -0.142. The standard InChI is InChI=1S/C17H25NO2/c1-13(17(19)20)18(2)12-14-8-10-16(11-9-14)15-6-4-3-5-7-15/h3-7,13-14,16H,8-12H2,1-2H3,(H,19,20). The predicted molar refractivity (Wildman–Crippen MR) is 80.9 cm³/mol. The topological polar surface area (TPSA) is 40.5 Å². The number of benzene rings is 1. The molecule has 1 N–H and O–H groups in total. The Labute approximate surface area is 121 Å². The van der Waals surface area contributed by atoms with E-state index in [2.05, 4.69) is 30.3 Å². The Hall–Kier alpha value is -1.35. The van der Waals surface area contributed by atoms with Gasteiger partial charge in [-0.2, -0.15) is 0 Å². The number of carboxylic acids is 1. The first-order chi connectivity index (χ1) is 9.58. The van der Waals surface area contributed by atoms with Crippen molar-refractivity contribution in [3.8, 4) is 0 Å². The van der Waals surface area contributed by atoms with E-state index in [0.717, 1.165) is 6.54 Å². The Balaban J connectivity index is 1.81. The summed E-state index contributed by atoms with van der Waals surface area (Å²) in [5.74, 6) is 0.599. The van der Waals surface area contributed by atoms with Gasteiger partial charge in [0, 0.05) is 6.54 Å². The summed E-state index contributed by atoms with van der Waals surface area (Å²) in [7, 11) is 1.92. The molecule has 3 nitrogen and oxygen atoms in total. The fourth-order valence-electron chi connectivity index (χ4n) is 3.16. The summed E-state index contributed by atoms with van der Waals surface area (Å²) < 4.78 is 0. The van der Waals surface area contributed by atoms with E-state index in [1.54, 1.807) is 6.92 Å². The van der Waals surface area contributed by atoms with Crippen LogP contribution in [-0.2, 0) is 4.79 Å². The summed E-state index contributed by atoms with van der Waals surface area (Å²) in [6.45, 7) is 2.66. The summed E-state index contributed by atoms with van der Waals surface area (Å²) in [6.07, 6.45) is 4.86. The van der Waals surface area contributed by atoms with Crippen LogP contribution in [0, 0.1) is 5.92 Å². The summed E-state index contributed by atoms with van der Waals surface area (Å²) in [5.41, 5.74) is 1.46. The summed E-state index contributed by atoms with van der Waals surface area (Å²) in [6, 6.07) is 10.4. The first-order valence-corrected chi connectivity index (χ1v) is 7.56.